The number of esters is 1. The maximum absolute atomic E-state index is 12.3. The largest absolute Gasteiger partial charge is 0.466 e. The average molecular weight is 457 g/mol. The van der Waals surface area contributed by atoms with Crippen molar-refractivity contribution >= 4 is 40.3 Å². The van der Waals surface area contributed by atoms with E-state index in [2.05, 4.69) is 16.8 Å². The number of hydrogen-bond donors (Lipinski definition) is 1. The van der Waals surface area contributed by atoms with Crippen molar-refractivity contribution < 1.29 is 14.3 Å². The normalized spacial score (nSPS) is 11.0. The van der Waals surface area contributed by atoms with Crippen LogP contribution in [0.5, 0.6) is 0 Å². The van der Waals surface area contributed by atoms with Crippen LogP contribution in [0.4, 0.5) is 5.69 Å². The summed E-state index contributed by atoms with van der Waals surface area (Å²) in [5, 5.41) is 3.55. The molecule has 0 aliphatic carbocycles. The number of nitrogens with zero attached hydrogens (tertiary/aromatic N) is 3. The van der Waals surface area contributed by atoms with Crippen LogP contribution in [0.1, 0.15) is 56.6 Å². The van der Waals surface area contributed by atoms with Gasteiger partial charge in [-0.25, -0.2) is 9.97 Å². The molecule has 0 unspecified atom stereocenters. The summed E-state index contributed by atoms with van der Waals surface area (Å²) in [6.07, 6.45) is 3.03. The van der Waals surface area contributed by atoms with Gasteiger partial charge in [0.05, 0.1) is 31.0 Å². The quantitative estimate of drug-likeness (QED) is 0.430. The van der Waals surface area contributed by atoms with Gasteiger partial charge >= 0.3 is 5.97 Å². The Hall–Kier alpha value is -2.93. The number of nitrogens with one attached hydrogen (secondary N) is 1. The molecule has 2 aromatic heterocycles. The van der Waals surface area contributed by atoms with E-state index in [-0.39, 0.29) is 24.7 Å². The number of unbranched alkanes of at least 4 members (excludes halogenated alkanes) is 1. The molecule has 1 aromatic carbocycles. The van der Waals surface area contributed by atoms with Crippen LogP contribution in [0.3, 0.4) is 0 Å². The Morgan fingerprint density at radius 2 is 1.97 bits per heavy atom. The fourth-order valence-electron chi connectivity index (χ4n) is 3.48. The van der Waals surface area contributed by atoms with Gasteiger partial charge in [0.15, 0.2) is 5.65 Å². The van der Waals surface area contributed by atoms with E-state index in [1.54, 1.807) is 6.92 Å². The number of hydrogen-bond acceptors (Lipinski definition) is 5. The maximum Gasteiger partial charge on any atom is 0.306 e. The van der Waals surface area contributed by atoms with Gasteiger partial charge in [0.25, 0.3) is 0 Å². The zero-order valence-corrected chi connectivity index (χ0v) is 19.5. The number of carbonyl (C=O) groups is 2. The van der Waals surface area contributed by atoms with Gasteiger partial charge in [-0.3, -0.25) is 9.59 Å². The first-order chi connectivity index (χ1) is 15.4. The van der Waals surface area contributed by atoms with Crippen LogP contribution in [-0.2, 0) is 27.3 Å². The molecule has 3 aromatic rings. The molecule has 0 spiro atoms. The fourth-order valence-corrected chi connectivity index (χ4v) is 3.70. The highest BCUT2D eigenvalue weighted by atomic mass is 35.5. The second-order valence-electron chi connectivity index (χ2n) is 7.66. The number of aryl methyl sites for hydroxylation is 2. The van der Waals surface area contributed by atoms with Crippen LogP contribution in [0.2, 0.25) is 5.02 Å². The molecule has 1 N–H and O–H groups in total. The molecule has 32 heavy (non-hydrogen) atoms. The lowest BCUT2D eigenvalue weighted by molar-refractivity contribution is -0.144. The summed E-state index contributed by atoms with van der Waals surface area (Å²) in [5.74, 6) is 0.319. The number of fused-ring (bicyclic) bond motifs is 1. The van der Waals surface area contributed by atoms with Gasteiger partial charge in [0.1, 0.15) is 11.3 Å². The van der Waals surface area contributed by atoms with Crippen LogP contribution < -0.4 is 5.32 Å². The monoisotopic (exact) mass is 456 g/mol. The first-order valence-corrected chi connectivity index (χ1v) is 11.4. The van der Waals surface area contributed by atoms with Crippen molar-refractivity contribution in [3.63, 3.8) is 0 Å². The molecule has 0 radical (unpaired) electrons. The summed E-state index contributed by atoms with van der Waals surface area (Å²) in [4.78, 5) is 33.4. The molecular formula is C24H29ClN4O3. The minimum atomic E-state index is -0.381. The number of amides is 1. The van der Waals surface area contributed by atoms with Crippen LogP contribution >= 0.6 is 11.6 Å². The van der Waals surface area contributed by atoms with E-state index in [4.69, 9.17) is 26.3 Å². The number of aromatic nitrogens is 3. The Kier molecular flexibility index (Phi) is 8.22. The maximum atomic E-state index is 12.3. The minimum absolute atomic E-state index is 0.0455. The van der Waals surface area contributed by atoms with Gasteiger partial charge in [-0.2, -0.15) is 0 Å². The number of carbonyl (C=O) groups excluding carboxylic acids is 2. The Morgan fingerprint density at radius 1 is 1.16 bits per heavy atom. The number of imidazole rings is 1. The zero-order valence-electron chi connectivity index (χ0n) is 18.8. The van der Waals surface area contributed by atoms with Gasteiger partial charge in [-0.05, 0) is 44.0 Å². The van der Waals surface area contributed by atoms with Crippen molar-refractivity contribution in [3.8, 4) is 0 Å². The van der Waals surface area contributed by atoms with Crippen LogP contribution in [0.15, 0.2) is 30.3 Å². The van der Waals surface area contributed by atoms with E-state index in [1.807, 2.05) is 37.3 Å². The minimum Gasteiger partial charge on any atom is -0.466 e. The van der Waals surface area contributed by atoms with Crippen LogP contribution in [0.25, 0.3) is 11.2 Å². The molecule has 0 aliphatic rings. The van der Waals surface area contributed by atoms with Crippen molar-refractivity contribution in [2.24, 2.45) is 0 Å². The van der Waals surface area contributed by atoms with E-state index < -0.39 is 0 Å². The van der Waals surface area contributed by atoms with Crippen LogP contribution in [0, 0.1) is 6.92 Å². The van der Waals surface area contributed by atoms with Crippen molar-refractivity contribution in [2.75, 3.05) is 11.9 Å². The zero-order chi connectivity index (χ0) is 23.1. The first kappa shape index (κ1) is 23.7. The Morgan fingerprint density at radius 3 is 2.69 bits per heavy atom. The Labute approximate surface area is 193 Å². The van der Waals surface area contributed by atoms with Gasteiger partial charge in [-0.1, -0.05) is 37.1 Å². The van der Waals surface area contributed by atoms with E-state index in [0.717, 1.165) is 41.8 Å². The lowest BCUT2D eigenvalue weighted by Crippen LogP contribution is -2.15. The Bertz CT molecular complexity index is 1110. The topological polar surface area (TPSA) is 86.1 Å². The first-order valence-electron chi connectivity index (χ1n) is 11.0. The summed E-state index contributed by atoms with van der Waals surface area (Å²) in [7, 11) is 0. The highest BCUT2D eigenvalue weighted by Crippen LogP contribution is 2.24. The molecule has 2 heterocycles. The Balaban J connectivity index is 1.87. The standard InChI is InChI=1S/C24H29ClN4O3/c1-4-6-10-21-27-20-14-19(28-22(30)11-12-23(31)32-5-2)16(3)26-24(20)29(21)15-17-8-7-9-18(25)13-17/h7-9,13-14H,4-6,10-12,15H2,1-3H3,(H,28,30). The predicted octanol–water partition coefficient (Wildman–Crippen LogP) is 5.07. The second kappa shape index (κ2) is 11.1. The van der Waals surface area contributed by atoms with Crippen molar-refractivity contribution in [2.45, 2.75) is 59.4 Å². The van der Waals surface area contributed by atoms with Gasteiger partial charge in [-0.15, -0.1) is 0 Å². The number of anilines is 1. The number of benzene rings is 1. The molecular weight excluding hydrogens is 428 g/mol. The fraction of sp³-hybridized carbons (Fsp3) is 0.417. The van der Waals surface area contributed by atoms with E-state index >= 15 is 0 Å². The SMILES string of the molecule is CCCCc1nc2cc(NC(=O)CCC(=O)OCC)c(C)nc2n1Cc1cccc(Cl)c1. The predicted molar refractivity (Wildman–Crippen MR) is 126 cm³/mol. The molecule has 0 aliphatic heterocycles. The summed E-state index contributed by atoms with van der Waals surface area (Å²) in [6.45, 7) is 6.66. The van der Waals surface area contributed by atoms with E-state index in [9.17, 15) is 9.59 Å². The van der Waals surface area contributed by atoms with Gasteiger partial charge in [0.2, 0.25) is 5.91 Å². The third kappa shape index (κ3) is 6.07. The number of rotatable bonds is 10. The van der Waals surface area contributed by atoms with Crippen molar-refractivity contribution in [3.05, 3.63) is 52.4 Å². The summed E-state index contributed by atoms with van der Waals surface area (Å²) < 4.78 is 7.00. The molecule has 0 fully saturated rings. The highest BCUT2D eigenvalue weighted by molar-refractivity contribution is 6.30. The molecule has 8 heteroatoms. The van der Waals surface area contributed by atoms with Crippen LogP contribution in [-0.4, -0.2) is 33.0 Å². The summed E-state index contributed by atoms with van der Waals surface area (Å²) >= 11 is 6.17. The van der Waals surface area contributed by atoms with Gasteiger partial charge < -0.3 is 14.6 Å². The smallest absolute Gasteiger partial charge is 0.306 e. The molecule has 3 rings (SSSR count). The third-order valence-corrected chi connectivity index (χ3v) is 5.34. The molecule has 0 atom stereocenters. The van der Waals surface area contributed by atoms with Gasteiger partial charge in [0, 0.05) is 17.9 Å². The highest BCUT2D eigenvalue weighted by Gasteiger charge is 2.16. The molecule has 7 nitrogen and oxygen atoms in total. The van der Waals surface area contributed by atoms with E-state index in [1.165, 1.54) is 0 Å². The third-order valence-electron chi connectivity index (χ3n) is 5.11. The number of pyridine rings is 1. The molecule has 1 amide bonds. The lowest BCUT2D eigenvalue weighted by Gasteiger charge is -2.11. The summed E-state index contributed by atoms with van der Waals surface area (Å²) in [6, 6.07) is 9.62. The summed E-state index contributed by atoms with van der Waals surface area (Å²) in [5.41, 5.74) is 3.87. The second-order valence-corrected chi connectivity index (χ2v) is 8.10. The number of halogens is 1. The van der Waals surface area contributed by atoms with Crippen molar-refractivity contribution in [1.29, 1.82) is 0 Å². The van der Waals surface area contributed by atoms with Crippen molar-refractivity contribution in [1.82, 2.24) is 14.5 Å². The van der Waals surface area contributed by atoms with E-state index in [0.29, 0.717) is 29.6 Å². The molecule has 0 saturated carbocycles. The average Bonchev–Trinajstić information content (AvgIpc) is 3.07. The molecule has 0 bridgehead atoms. The molecule has 0 saturated heterocycles. The lowest BCUT2D eigenvalue weighted by atomic mass is 10.2. The number of ether oxygens (including phenoxy) is 1. The molecule has 170 valence electrons.